The van der Waals surface area contributed by atoms with Gasteiger partial charge in [-0.2, -0.15) is 0 Å². The average molecular weight is 225 g/mol. The van der Waals surface area contributed by atoms with Gasteiger partial charge in [-0.3, -0.25) is 0 Å². The Morgan fingerprint density at radius 3 is 2.71 bits per heavy atom. The van der Waals surface area contributed by atoms with Gasteiger partial charge in [-0.25, -0.2) is 4.98 Å². The maximum absolute atomic E-state index is 4.47. The van der Waals surface area contributed by atoms with Crippen molar-refractivity contribution in [3.63, 3.8) is 0 Å². The molecule has 0 spiro atoms. The van der Waals surface area contributed by atoms with Crippen LogP contribution in [-0.2, 0) is 0 Å². The summed E-state index contributed by atoms with van der Waals surface area (Å²) in [4.78, 5) is 9.05. The molecular formula is C14H15N3. The minimum atomic E-state index is 0.882. The number of hydrogen-bond acceptors (Lipinski definition) is 3. The molecule has 3 heteroatoms. The fourth-order valence-corrected chi connectivity index (χ4v) is 2.24. The third kappa shape index (κ3) is 1.64. The lowest BCUT2D eigenvalue weighted by Gasteiger charge is -2.20. The highest BCUT2D eigenvalue weighted by Gasteiger charge is 2.26. The quantitative estimate of drug-likeness (QED) is 0.783. The Kier molecular flexibility index (Phi) is 2.44. The number of hydrogen-bond donors (Lipinski definition) is 0. The fraction of sp³-hybridized carbons (Fsp3) is 0.214. The lowest BCUT2D eigenvalue weighted by atomic mass is 10.3. The number of nitrogens with zero attached hydrogens (tertiary/aromatic N) is 3. The van der Waals surface area contributed by atoms with Crippen molar-refractivity contribution < 1.29 is 0 Å². The molecule has 0 fully saturated rings. The van der Waals surface area contributed by atoms with Gasteiger partial charge in [-0.1, -0.05) is 18.2 Å². The summed E-state index contributed by atoms with van der Waals surface area (Å²) in [7, 11) is 0. The lowest BCUT2D eigenvalue weighted by Crippen LogP contribution is -2.27. The Morgan fingerprint density at radius 2 is 1.94 bits per heavy atom. The molecule has 0 atom stereocenters. The van der Waals surface area contributed by atoms with E-state index in [2.05, 4.69) is 52.0 Å². The van der Waals surface area contributed by atoms with Gasteiger partial charge in [0.2, 0.25) is 0 Å². The molecule has 1 aliphatic rings. The molecule has 0 aliphatic carbocycles. The number of fused-ring (bicyclic) bond motifs is 1. The zero-order valence-corrected chi connectivity index (χ0v) is 9.87. The van der Waals surface area contributed by atoms with Crippen molar-refractivity contribution in [2.75, 3.05) is 23.0 Å². The van der Waals surface area contributed by atoms with Crippen LogP contribution in [0.5, 0.6) is 0 Å². The first-order valence-electron chi connectivity index (χ1n) is 5.92. The number of pyridine rings is 1. The molecule has 0 saturated heterocycles. The molecule has 3 rings (SSSR count). The molecule has 1 aromatic carbocycles. The summed E-state index contributed by atoms with van der Waals surface area (Å²) in [5.74, 6) is 1.08. The predicted molar refractivity (Wildman–Crippen MR) is 70.7 cm³/mol. The summed E-state index contributed by atoms with van der Waals surface area (Å²) in [6, 6.07) is 14.6. The Hall–Kier alpha value is -2.03. The van der Waals surface area contributed by atoms with Crippen LogP contribution >= 0.6 is 0 Å². The van der Waals surface area contributed by atoms with Crippen molar-refractivity contribution in [1.29, 1.82) is 0 Å². The molecule has 0 N–H and O–H groups in total. The number of anilines is 3. The van der Waals surface area contributed by atoms with E-state index >= 15 is 0 Å². The van der Waals surface area contributed by atoms with Gasteiger partial charge < -0.3 is 9.80 Å². The van der Waals surface area contributed by atoms with Crippen molar-refractivity contribution in [2.45, 2.75) is 6.92 Å². The van der Waals surface area contributed by atoms with Gasteiger partial charge in [-0.05, 0) is 31.2 Å². The maximum atomic E-state index is 4.47. The van der Waals surface area contributed by atoms with E-state index in [1.54, 1.807) is 0 Å². The van der Waals surface area contributed by atoms with Crippen molar-refractivity contribution >= 4 is 17.2 Å². The molecule has 3 nitrogen and oxygen atoms in total. The molecule has 1 aromatic heterocycles. The minimum absolute atomic E-state index is 0.882. The van der Waals surface area contributed by atoms with Gasteiger partial charge in [-0.15, -0.1) is 0 Å². The topological polar surface area (TPSA) is 19.4 Å². The second kappa shape index (κ2) is 4.09. The summed E-state index contributed by atoms with van der Waals surface area (Å²) in [5.41, 5.74) is 2.42. The van der Waals surface area contributed by atoms with Gasteiger partial charge in [0.15, 0.2) is 5.82 Å². The predicted octanol–water partition coefficient (Wildman–Crippen LogP) is 3.02. The number of aromatic nitrogens is 1. The average Bonchev–Trinajstić information content (AvgIpc) is 2.78. The van der Waals surface area contributed by atoms with Gasteiger partial charge in [0.05, 0.1) is 12.4 Å². The van der Waals surface area contributed by atoms with Crippen molar-refractivity contribution in [2.24, 2.45) is 0 Å². The standard InChI is InChI=1S/C14H15N3/c1-2-16-11-17(12-7-4-3-5-8-12)13-9-6-10-15-14(13)16/h3-10H,2,11H2,1H3. The molecule has 0 unspecified atom stereocenters. The first-order chi connectivity index (χ1) is 8.40. The molecule has 2 heterocycles. The Labute approximate surface area is 101 Å². The van der Waals surface area contributed by atoms with Gasteiger partial charge in [0.25, 0.3) is 0 Å². The van der Waals surface area contributed by atoms with Crippen LogP contribution in [0.15, 0.2) is 48.7 Å². The normalized spacial score (nSPS) is 13.9. The van der Waals surface area contributed by atoms with Crippen LogP contribution in [0.3, 0.4) is 0 Å². The number of rotatable bonds is 2. The Bertz CT molecular complexity index is 510. The highest BCUT2D eigenvalue weighted by atomic mass is 15.4. The van der Waals surface area contributed by atoms with Gasteiger partial charge >= 0.3 is 0 Å². The molecule has 86 valence electrons. The second-order valence-corrected chi connectivity index (χ2v) is 4.11. The summed E-state index contributed by atoms with van der Waals surface area (Å²) >= 11 is 0. The lowest BCUT2D eigenvalue weighted by molar-refractivity contribution is 0.854. The van der Waals surface area contributed by atoms with E-state index in [9.17, 15) is 0 Å². The molecule has 0 amide bonds. The monoisotopic (exact) mass is 225 g/mol. The van der Waals surface area contributed by atoms with Gasteiger partial charge in [0, 0.05) is 18.4 Å². The van der Waals surface area contributed by atoms with Crippen LogP contribution in [0, 0.1) is 0 Å². The molecule has 0 saturated carbocycles. The largest absolute Gasteiger partial charge is 0.337 e. The molecule has 0 radical (unpaired) electrons. The highest BCUT2D eigenvalue weighted by Crippen LogP contribution is 2.38. The fourth-order valence-electron chi connectivity index (χ4n) is 2.24. The van der Waals surface area contributed by atoms with Crippen LogP contribution in [0.2, 0.25) is 0 Å². The van der Waals surface area contributed by atoms with Crippen LogP contribution in [0.25, 0.3) is 0 Å². The van der Waals surface area contributed by atoms with E-state index < -0.39 is 0 Å². The second-order valence-electron chi connectivity index (χ2n) is 4.11. The number of para-hydroxylation sites is 1. The van der Waals surface area contributed by atoms with E-state index in [0.29, 0.717) is 0 Å². The van der Waals surface area contributed by atoms with Crippen molar-refractivity contribution in [3.8, 4) is 0 Å². The van der Waals surface area contributed by atoms with Crippen molar-refractivity contribution in [3.05, 3.63) is 48.7 Å². The van der Waals surface area contributed by atoms with E-state index in [4.69, 9.17) is 0 Å². The summed E-state index contributed by atoms with van der Waals surface area (Å²) in [6.07, 6.45) is 1.86. The number of benzene rings is 1. The van der Waals surface area contributed by atoms with E-state index in [1.165, 1.54) is 11.4 Å². The Balaban J connectivity index is 2.05. The van der Waals surface area contributed by atoms with E-state index in [-0.39, 0.29) is 0 Å². The molecular weight excluding hydrogens is 210 g/mol. The molecule has 1 aliphatic heterocycles. The first-order valence-corrected chi connectivity index (χ1v) is 5.92. The SMILES string of the molecule is CCN1CN(c2ccccc2)c2cccnc21. The van der Waals surface area contributed by atoms with Crippen LogP contribution in [0.4, 0.5) is 17.2 Å². The summed E-state index contributed by atoms with van der Waals surface area (Å²) in [6.45, 7) is 4.02. The summed E-state index contributed by atoms with van der Waals surface area (Å²) < 4.78 is 0. The first kappa shape index (κ1) is 10.1. The third-order valence-corrected chi connectivity index (χ3v) is 3.12. The Morgan fingerprint density at radius 1 is 1.12 bits per heavy atom. The van der Waals surface area contributed by atoms with Crippen LogP contribution in [-0.4, -0.2) is 18.2 Å². The van der Waals surface area contributed by atoms with Crippen LogP contribution < -0.4 is 9.80 Å². The van der Waals surface area contributed by atoms with Crippen LogP contribution in [0.1, 0.15) is 6.92 Å². The third-order valence-electron chi connectivity index (χ3n) is 3.12. The summed E-state index contributed by atoms with van der Waals surface area (Å²) in [5, 5.41) is 0. The van der Waals surface area contributed by atoms with Gasteiger partial charge in [0.1, 0.15) is 0 Å². The van der Waals surface area contributed by atoms with E-state index in [0.717, 1.165) is 19.0 Å². The minimum Gasteiger partial charge on any atom is -0.337 e. The highest BCUT2D eigenvalue weighted by molar-refractivity contribution is 5.79. The zero-order chi connectivity index (χ0) is 11.7. The van der Waals surface area contributed by atoms with Crippen molar-refractivity contribution in [1.82, 2.24) is 4.98 Å². The molecule has 2 aromatic rings. The van der Waals surface area contributed by atoms with E-state index in [1.807, 2.05) is 18.3 Å². The molecule has 0 bridgehead atoms. The maximum Gasteiger partial charge on any atom is 0.154 e. The molecule has 17 heavy (non-hydrogen) atoms. The zero-order valence-electron chi connectivity index (χ0n) is 9.87. The smallest absolute Gasteiger partial charge is 0.154 e.